The number of rotatable bonds is 5. The number of carbonyl (C=O) groups excluding carboxylic acids is 2. The highest BCUT2D eigenvalue weighted by molar-refractivity contribution is 9.10. The second-order valence-electron chi connectivity index (χ2n) is 5.96. The number of hydrogen-bond donors (Lipinski definition) is 1. The molecule has 1 heterocycles. The summed E-state index contributed by atoms with van der Waals surface area (Å²) in [5.41, 5.74) is 1.63. The van der Waals surface area contributed by atoms with Crippen molar-refractivity contribution in [2.45, 2.75) is 12.5 Å². The fraction of sp³-hybridized carbons (Fsp3) is 0.150. The minimum atomic E-state index is -0.934. The molecule has 0 saturated heterocycles. The summed E-state index contributed by atoms with van der Waals surface area (Å²) in [6.45, 7) is 0. The first-order chi connectivity index (χ1) is 13.4. The lowest BCUT2D eigenvalue weighted by molar-refractivity contribution is -0.142. The van der Waals surface area contributed by atoms with Crippen molar-refractivity contribution >= 4 is 61.9 Å². The van der Waals surface area contributed by atoms with E-state index in [9.17, 15) is 9.59 Å². The number of pyridine rings is 1. The number of nitrogens with one attached hydrogen (secondary N) is 1. The van der Waals surface area contributed by atoms with Crippen LogP contribution < -0.4 is 5.32 Å². The van der Waals surface area contributed by atoms with Crippen molar-refractivity contribution < 1.29 is 14.3 Å². The molecule has 0 bridgehead atoms. The largest absolute Gasteiger partial charge is 0.467 e. The first kappa shape index (κ1) is 20.6. The maximum atomic E-state index is 12.7. The molecule has 28 heavy (non-hydrogen) atoms. The highest BCUT2D eigenvalue weighted by atomic mass is 79.9. The number of halogens is 3. The molecular formula is C20H15BrCl2N2O3. The number of hydrogen-bond acceptors (Lipinski definition) is 4. The van der Waals surface area contributed by atoms with Crippen LogP contribution in [0.2, 0.25) is 10.0 Å². The fourth-order valence-electron chi connectivity index (χ4n) is 2.86. The molecule has 0 spiro atoms. The van der Waals surface area contributed by atoms with Crippen molar-refractivity contribution in [3.63, 3.8) is 0 Å². The summed E-state index contributed by atoms with van der Waals surface area (Å²) in [6, 6.07) is 11.3. The molecule has 1 amide bonds. The van der Waals surface area contributed by atoms with Gasteiger partial charge in [0.2, 0.25) is 0 Å². The molecule has 2 aromatic carbocycles. The Morgan fingerprint density at radius 2 is 1.86 bits per heavy atom. The van der Waals surface area contributed by atoms with Gasteiger partial charge in [0, 0.05) is 22.5 Å². The van der Waals surface area contributed by atoms with Gasteiger partial charge in [0.05, 0.1) is 28.2 Å². The Hall–Kier alpha value is -2.15. The van der Waals surface area contributed by atoms with Crippen LogP contribution in [0.4, 0.5) is 0 Å². The maximum absolute atomic E-state index is 12.7. The smallest absolute Gasteiger partial charge is 0.328 e. The van der Waals surface area contributed by atoms with Crippen molar-refractivity contribution in [2.24, 2.45) is 0 Å². The third kappa shape index (κ3) is 4.29. The number of ether oxygens (including phenoxy) is 1. The van der Waals surface area contributed by atoms with E-state index < -0.39 is 17.9 Å². The second-order valence-corrected chi connectivity index (χ2v) is 7.62. The molecule has 0 aliphatic rings. The summed E-state index contributed by atoms with van der Waals surface area (Å²) >= 11 is 15.7. The van der Waals surface area contributed by atoms with Crippen LogP contribution in [0.5, 0.6) is 0 Å². The van der Waals surface area contributed by atoms with E-state index in [0.717, 1.165) is 20.9 Å². The minimum Gasteiger partial charge on any atom is -0.467 e. The molecular weight excluding hydrogens is 467 g/mol. The van der Waals surface area contributed by atoms with E-state index in [1.54, 1.807) is 24.4 Å². The third-order valence-electron chi connectivity index (χ3n) is 4.20. The Morgan fingerprint density at radius 3 is 2.54 bits per heavy atom. The average Bonchev–Trinajstić information content (AvgIpc) is 2.69. The molecule has 0 aliphatic carbocycles. The third-order valence-corrected chi connectivity index (χ3v) is 5.53. The van der Waals surface area contributed by atoms with E-state index in [1.165, 1.54) is 7.11 Å². The molecule has 1 aromatic heterocycles. The molecule has 1 N–H and O–H groups in total. The van der Waals surface area contributed by atoms with Crippen molar-refractivity contribution in [1.29, 1.82) is 0 Å². The summed E-state index contributed by atoms with van der Waals surface area (Å²) in [5.74, 6) is -1.14. The molecule has 1 atom stereocenters. The normalized spacial score (nSPS) is 11.9. The topological polar surface area (TPSA) is 68.3 Å². The van der Waals surface area contributed by atoms with Crippen LogP contribution in [0.3, 0.4) is 0 Å². The molecule has 0 saturated carbocycles. The molecule has 3 rings (SSSR count). The summed E-state index contributed by atoms with van der Waals surface area (Å²) in [7, 11) is 1.27. The van der Waals surface area contributed by atoms with Gasteiger partial charge in [-0.15, -0.1) is 0 Å². The van der Waals surface area contributed by atoms with E-state index in [4.69, 9.17) is 27.9 Å². The van der Waals surface area contributed by atoms with Crippen LogP contribution in [-0.4, -0.2) is 30.0 Å². The first-order valence-electron chi connectivity index (χ1n) is 8.27. The number of amides is 1. The molecule has 5 nitrogen and oxygen atoms in total. The van der Waals surface area contributed by atoms with E-state index in [2.05, 4.69) is 26.2 Å². The van der Waals surface area contributed by atoms with Gasteiger partial charge in [0.1, 0.15) is 6.04 Å². The zero-order valence-electron chi connectivity index (χ0n) is 14.7. The van der Waals surface area contributed by atoms with Crippen molar-refractivity contribution in [2.75, 3.05) is 7.11 Å². The standard InChI is InChI=1S/C20H15BrCl2N2O3/c1-28-20(27)16(25-19(26)17-14(22)5-2-6-15(17)23)10-11-7-8-13(21)12-4-3-9-24-18(11)12/h2-9,16H,10H2,1H3,(H,25,26). The monoisotopic (exact) mass is 480 g/mol. The predicted molar refractivity (Wildman–Crippen MR) is 113 cm³/mol. The quantitative estimate of drug-likeness (QED) is 0.530. The van der Waals surface area contributed by atoms with Crippen LogP contribution in [0.15, 0.2) is 53.1 Å². The summed E-state index contributed by atoms with van der Waals surface area (Å²) in [4.78, 5) is 29.4. The van der Waals surface area contributed by atoms with Gasteiger partial charge in [-0.25, -0.2) is 4.79 Å². The van der Waals surface area contributed by atoms with E-state index in [0.29, 0.717) is 0 Å². The van der Waals surface area contributed by atoms with Gasteiger partial charge in [-0.05, 0) is 29.8 Å². The number of nitrogens with zero attached hydrogens (tertiary/aromatic N) is 1. The molecule has 3 aromatic rings. The Bertz CT molecular complexity index is 1040. The second kappa shape index (κ2) is 8.90. The Balaban J connectivity index is 1.93. The molecule has 0 aliphatic heterocycles. The van der Waals surface area contributed by atoms with Gasteiger partial charge in [0.25, 0.3) is 5.91 Å². The lowest BCUT2D eigenvalue weighted by atomic mass is 10.0. The van der Waals surface area contributed by atoms with Crippen LogP contribution >= 0.6 is 39.1 Å². The van der Waals surface area contributed by atoms with Gasteiger partial charge in [0.15, 0.2) is 0 Å². The lowest BCUT2D eigenvalue weighted by Crippen LogP contribution is -2.43. The van der Waals surface area contributed by atoms with Crippen molar-refractivity contribution in [1.82, 2.24) is 10.3 Å². The van der Waals surface area contributed by atoms with Gasteiger partial charge in [-0.1, -0.05) is 57.3 Å². The fourth-order valence-corrected chi connectivity index (χ4v) is 3.88. The van der Waals surface area contributed by atoms with Crippen molar-refractivity contribution in [3.8, 4) is 0 Å². The van der Waals surface area contributed by atoms with Gasteiger partial charge in [-0.2, -0.15) is 0 Å². The summed E-state index contributed by atoms with van der Waals surface area (Å²) in [6.07, 6.45) is 1.87. The van der Waals surface area contributed by atoms with Crippen LogP contribution in [0.25, 0.3) is 10.9 Å². The zero-order valence-corrected chi connectivity index (χ0v) is 17.8. The number of fused-ring (bicyclic) bond motifs is 1. The average molecular weight is 482 g/mol. The van der Waals surface area contributed by atoms with E-state index in [1.807, 2.05) is 24.3 Å². The number of benzene rings is 2. The van der Waals surface area contributed by atoms with Gasteiger partial charge in [-0.3, -0.25) is 9.78 Å². The maximum Gasteiger partial charge on any atom is 0.328 e. The molecule has 1 unspecified atom stereocenters. The van der Waals surface area contributed by atoms with E-state index in [-0.39, 0.29) is 22.0 Å². The molecule has 8 heteroatoms. The van der Waals surface area contributed by atoms with Gasteiger partial charge >= 0.3 is 5.97 Å². The van der Waals surface area contributed by atoms with Crippen LogP contribution in [0.1, 0.15) is 15.9 Å². The highest BCUT2D eigenvalue weighted by Gasteiger charge is 2.25. The first-order valence-corrected chi connectivity index (χ1v) is 9.82. The predicted octanol–water partition coefficient (Wildman–Crippen LogP) is 4.82. The lowest BCUT2D eigenvalue weighted by Gasteiger charge is -2.18. The number of carbonyl (C=O) groups is 2. The Morgan fingerprint density at radius 1 is 1.14 bits per heavy atom. The summed E-state index contributed by atoms with van der Waals surface area (Å²) < 4.78 is 5.76. The number of aromatic nitrogens is 1. The zero-order chi connectivity index (χ0) is 20.3. The minimum absolute atomic E-state index is 0.110. The molecule has 0 fully saturated rings. The van der Waals surface area contributed by atoms with Crippen molar-refractivity contribution in [3.05, 3.63) is 74.3 Å². The molecule has 144 valence electrons. The highest BCUT2D eigenvalue weighted by Crippen LogP contribution is 2.27. The summed E-state index contributed by atoms with van der Waals surface area (Å²) in [5, 5.41) is 3.98. The Labute approximate surface area is 180 Å². The van der Waals surface area contributed by atoms with E-state index >= 15 is 0 Å². The van der Waals surface area contributed by atoms with Crippen LogP contribution in [0, 0.1) is 0 Å². The van der Waals surface area contributed by atoms with Crippen LogP contribution in [-0.2, 0) is 16.0 Å². The number of esters is 1. The Kier molecular flexibility index (Phi) is 6.54. The number of methoxy groups -OCH3 is 1. The van der Waals surface area contributed by atoms with Gasteiger partial charge < -0.3 is 10.1 Å². The molecule has 0 radical (unpaired) electrons. The SMILES string of the molecule is COC(=O)C(Cc1ccc(Br)c2cccnc12)NC(=O)c1c(Cl)cccc1Cl.